The second-order valence-electron chi connectivity index (χ2n) is 6.09. The van der Waals surface area contributed by atoms with Crippen LogP contribution in [0.4, 0.5) is 0 Å². The molecule has 0 fully saturated rings. The van der Waals surface area contributed by atoms with E-state index >= 15 is 0 Å². The van der Waals surface area contributed by atoms with Gasteiger partial charge in [0, 0.05) is 6.42 Å². The van der Waals surface area contributed by atoms with Crippen LogP contribution in [0.25, 0.3) is 0 Å². The molecule has 0 amide bonds. The number of ether oxygens (including phenoxy) is 1. The lowest BCUT2D eigenvalue weighted by atomic mass is 10.1. The molecule has 0 aliphatic heterocycles. The van der Waals surface area contributed by atoms with Crippen molar-refractivity contribution in [1.29, 1.82) is 0 Å². The Balaban J connectivity index is 3.28. The fourth-order valence-corrected chi connectivity index (χ4v) is 2.46. The highest BCUT2D eigenvalue weighted by Crippen LogP contribution is 2.10. The minimum atomic E-state index is -0.161. The van der Waals surface area contributed by atoms with Crippen LogP contribution in [0, 0.1) is 0 Å². The van der Waals surface area contributed by atoms with Crippen LogP contribution in [0.5, 0.6) is 0 Å². The highest BCUT2D eigenvalue weighted by molar-refractivity contribution is 5.68. The molecule has 0 unspecified atom stereocenters. The van der Waals surface area contributed by atoms with Crippen LogP contribution in [-0.2, 0) is 9.53 Å². The lowest BCUT2D eigenvalue weighted by molar-refractivity contribution is -0.140. The monoisotopic (exact) mass is 312 g/mol. The summed E-state index contributed by atoms with van der Waals surface area (Å²) in [6, 6.07) is 0. The number of carbonyl (C=O) groups excluding carboxylic acids is 1. The van der Waals surface area contributed by atoms with Gasteiger partial charge in [-0.3, -0.25) is 4.79 Å². The van der Waals surface area contributed by atoms with Crippen LogP contribution in [0.2, 0.25) is 0 Å². The molecule has 0 aromatic heterocycles. The third-order valence-corrected chi connectivity index (χ3v) is 3.95. The molecular formula is C19H36O3. The lowest BCUT2D eigenvalue weighted by Crippen LogP contribution is -2.04. The van der Waals surface area contributed by atoms with Gasteiger partial charge in [-0.05, 0) is 32.1 Å². The summed E-state index contributed by atoms with van der Waals surface area (Å²) >= 11 is 0. The smallest absolute Gasteiger partial charge is 0.305 e. The van der Waals surface area contributed by atoms with E-state index in [1.165, 1.54) is 45.6 Å². The number of methoxy groups -OCH3 is 1. The summed E-state index contributed by atoms with van der Waals surface area (Å²) in [6.07, 6.45) is 18.1. The molecule has 0 aromatic carbocycles. The Kier molecular flexibility index (Phi) is 15.9. The van der Waals surface area contributed by atoms with E-state index in [0.717, 1.165) is 38.5 Å². The van der Waals surface area contributed by atoms with Crippen LogP contribution in [0.1, 0.15) is 90.4 Å². The maximum Gasteiger partial charge on any atom is 0.305 e. The molecule has 0 bridgehead atoms. The number of hydrogen-bond donors (Lipinski definition) is 1. The fourth-order valence-electron chi connectivity index (χ4n) is 2.46. The molecule has 0 aromatic rings. The summed E-state index contributed by atoms with van der Waals surface area (Å²) in [5.74, 6) is -0.101. The summed E-state index contributed by atoms with van der Waals surface area (Å²) in [4.78, 5) is 10.9. The Hall–Kier alpha value is -0.830. The average molecular weight is 312 g/mol. The molecular weight excluding hydrogens is 276 g/mol. The van der Waals surface area contributed by atoms with Crippen molar-refractivity contribution in [2.24, 2.45) is 0 Å². The van der Waals surface area contributed by atoms with Gasteiger partial charge in [-0.25, -0.2) is 0 Å². The first-order valence-corrected chi connectivity index (χ1v) is 9.10. The SMILES string of the molecule is CCCCCC[C@H](O)C/C=C\CCCCCCCC(=O)OC. The molecule has 0 saturated heterocycles. The van der Waals surface area contributed by atoms with Gasteiger partial charge in [-0.15, -0.1) is 0 Å². The number of esters is 1. The van der Waals surface area contributed by atoms with Gasteiger partial charge < -0.3 is 9.84 Å². The Labute approximate surface area is 137 Å². The number of carbonyl (C=O) groups is 1. The van der Waals surface area contributed by atoms with Crippen LogP contribution >= 0.6 is 0 Å². The lowest BCUT2D eigenvalue weighted by Gasteiger charge is -2.07. The fraction of sp³-hybridized carbons (Fsp3) is 0.842. The molecule has 22 heavy (non-hydrogen) atoms. The molecule has 0 rings (SSSR count). The van der Waals surface area contributed by atoms with Crippen LogP contribution < -0.4 is 0 Å². The largest absolute Gasteiger partial charge is 0.469 e. The normalized spacial score (nSPS) is 12.7. The highest BCUT2D eigenvalue weighted by Gasteiger charge is 2.01. The molecule has 3 heteroatoms. The first-order chi connectivity index (χ1) is 10.7. The Bertz CT molecular complexity index is 274. The van der Waals surface area contributed by atoms with Gasteiger partial charge in [0.2, 0.25) is 0 Å². The van der Waals surface area contributed by atoms with E-state index < -0.39 is 0 Å². The van der Waals surface area contributed by atoms with Crippen molar-refractivity contribution in [2.75, 3.05) is 7.11 Å². The third-order valence-electron chi connectivity index (χ3n) is 3.95. The predicted octanol–water partition coefficient (Wildman–Crippen LogP) is 5.17. The molecule has 0 aliphatic carbocycles. The second kappa shape index (κ2) is 16.5. The molecule has 3 nitrogen and oxygen atoms in total. The van der Waals surface area contributed by atoms with Crippen molar-refractivity contribution in [3.8, 4) is 0 Å². The van der Waals surface area contributed by atoms with Crippen molar-refractivity contribution in [1.82, 2.24) is 0 Å². The van der Waals surface area contributed by atoms with Crippen molar-refractivity contribution in [2.45, 2.75) is 96.5 Å². The van der Waals surface area contributed by atoms with Crippen LogP contribution in [-0.4, -0.2) is 24.3 Å². The zero-order valence-corrected chi connectivity index (χ0v) is 14.7. The third kappa shape index (κ3) is 15.6. The van der Waals surface area contributed by atoms with Crippen molar-refractivity contribution in [3.63, 3.8) is 0 Å². The highest BCUT2D eigenvalue weighted by atomic mass is 16.5. The molecule has 0 saturated carbocycles. The first-order valence-electron chi connectivity index (χ1n) is 9.10. The van der Waals surface area contributed by atoms with Gasteiger partial charge in [-0.2, -0.15) is 0 Å². The number of aliphatic hydroxyl groups is 1. The van der Waals surface area contributed by atoms with Gasteiger partial charge in [0.15, 0.2) is 0 Å². The molecule has 0 heterocycles. The second-order valence-corrected chi connectivity index (χ2v) is 6.09. The van der Waals surface area contributed by atoms with E-state index in [2.05, 4.69) is 23.8 Å². The Morgan fingerprint density at radius 3 is 2.41 bits per heavy atom. The van der Waals surface area contributed by atoms with E-state index in [0.29, 0.717) is 6.42 Å². The maximum atomic E-state index is 10.9. The van der Waals surface area contributed by atoms with Gasteiger partial charge in [0.1, 0.15) is 0 Å². The first kappa shape index (κ1) is 21.2. The molecule has 130 valence electrons. The standard InChI is InChI=1S/C19H36O3/c1-3-4-5-12-15-18(20)16-13-10-8-6-7-9-11-14-17-19(21)22-2/h10,13,18,20H,3-9,11-12,14-17H2,1-2H3/b13-10-/t18-/m0/s1. The maximum absolute atomic E-state index is 10.9. The Morgan fingerprint density at radius 1 is 1.00 bits per heavy atom. The van der Waals surface area contributed by atoms with Crippen LogP contribution in [0.15, 0.2) is 12.2 Å². The van der Waals surface area contributed by atoms with Crippen molar-refractivity contribution < 1.29 is 14.6 Å². The zero-order valence-electron chi connectivity index (χ0n) is 14.7. The average Bonchev–Trinajstić information content (AvgIpc) is 2.53. The van der Waals surface area contributed by atoms with Crippen LogP contribution in [0.3, 0.4) is 0 Å². The number of rotatable bonds is 15. The molecule has 0 spiro atoms. The molecule has 0 aliphatic rings. The summed E-state index contributed by atoms with van der Waals surface area (Å²) in [5, 5.41) is 9.82. The molecule has 1 N–H and O–H groups in total. The van der Waals surface area contributed by atoms with E-state index in [4.69, 9.17) is 0 Å². The number of hydrogen-bond acceptors (Lipinski definition) is 3. The summed E-state index contributed by atoms with van der Waals surface area (Å²) in [6.45, 7) is 2.21. The molecule has 1 atom stereocenters. The van der Waals surface area contributed by atoms with Crippen molar-refractivity contribution in [3.05, 3.63) is 12.2 Å². The van der Waals surface area contributed by atoms with Gasteiger partial charge in [0.25, 0.3) is 0 Å². The molecule has 0 radical (unpaired) electrons. The summed E-state index contributed by atoms with van der Waals surface area (Å²) < 4.78 is 4.61. The number of unbranched alkanes of at least 4 members (excludes halogenated alkanes) is 8. The van der Waals surface area contributed by atoms with E-state index in [9.17, 15) is 9.90 Å². The van der Waals surface area contributed by atoms with Gasteiger partial charge in [0.05, 0.1) is 13.2 Å². The minimum absolute atomic E-state index is 0.101. The van der Waals surface area contributed by atoms with Gasteiger partial charge >= 0.3 is 5.97 Å². The van der Waals surface area contributed by atoms with E-state index in [-0.39, 0.29) is 12.1 Å². The van der Waals surface area contributed by atoms with Crippen molar-refractivity contribution >= 4 is 5.97 Å². The minimum Gasteiger partial charge on any atom is -0.469 e. The summed E-state index contributed by atoms with van der Waals surface area (Å²) in [7, 11) is 1.44. The zero-order chi connectivity index (χ0) is 16.5. The van der Waals surface area contributed by atoms with E-state index in [1.807, 2.05) is 0 Å². The number of allylic oxidation sites excluding steroid dienone is 1. The quantitative estimate of drug-likeness (QED) is 0.258. The Morgan fingerprint density at radius 2 is 1.68 bits per heavy atom. The van der Waals surface area contributed by atoms with E-state index in [1.54, 1.807) is 0 Å². The van der Waals surface area contributed by atoms with Gasteiger partial charge in [-0.1, -0.05) is 64.0 Å². The predicted molar refractivity (Wildman–Crippen MR) is 92.9 cm³/mol. The summed E-state index contributed by atoms with van der Waals surface area (Å²) in [5.41, 5.74) is 0. The number of aliphatic hydroxyl groups excluding tert-OH is 1. The topological polar surface area (TPSA) is 46.5 Å².